The molecule has 10 atom stereocenters. The molecule has 0 amide bonds. The molecule has 0 saturated heterocycles. The molecule has 0 aromatic carbocycles. The Morgan fingerprint density at radius 1 is 1.08 bits per heavy atom. The number of fused-ring (bicyclic) bond motifs is 4. The van der Waals surface area contributed by atoms with E-state index >= 15 is 0 Å². The maximum atomic E-state index is 14.1. The second-order valence-electron chi connectivity index (χ2n) is 13.9. The lowest BCUT2D eigenvalue weighted by Gasteiger charge is -2.62. The van der Waals surface area contributed by atoms with Gasteiger partial charge in [0.2, 0.25) is 0 Å². The number of allylic oxidation sites excluding steroid dienone is 1. The van der Waals surface area contributed by atoms with Crippen LogP contribution in [0.1, 0.15) is 87.0 Å². The third kappa shape index (κ3) is 3.90. The highest BCUT2D eigenvalue weighted by Gasteiger charge is 2.69. The predicted octanol–water partition coefficient (Wildman–Crippen LogP) is 3.64. The molecule has 0 aromatic heterocycles. The van der Waals surface area contributed by atoms with E-state index in [1.54, 1.807) is 0 Å². The van der Waals surface area contributed by atoms with E-state index in [9.17, 15) is 30.0 Å². The standard InChI is InChI=1S/C30H46O7/c1-15(10-17(31)11-16(2)26(36)37)18-12-23(35)30(7)25-19(32)13-21-27(3,4)22(34)8-9-28(21,5)24(25)20(33)14-29(18,30)6/h11,15,17-19,21-23,31-32,34-35H,8-10,12-14H2,1-7H3,(H,36,37)/b16-11+/t15-,17+,18-,19+,21+,22+,23+,28+,29-,30+/m1/s1. The number of rotatable bonds is 5. The highest BCUT2D eigenvalue weighted by Crippen LogP contribution is 2.71. The van der Waals surface area contributed by atoms with E-state index in [2.05, 4.69) is 6.92 Å². The third-order valence-corrected chi connectivity index (χ3v) is 11.7. The number of Topliss-reactive ketones (excluding diaryl/α,β-unsaturated/α-hetero) is 1. The van der Waals surface area contributed by atoms with Gasteiger partial charge in [0.25, 0.3) is 0 Å². The molecule has 37 heavy (non-hydrogen) atoms. The van der Waals surface area contributed by atoms with Gasteiger partial charge in [0, 0.05) is 23.0 Å². The molecule has 0 aliphatic heterocycles. The summed E-state index contributed by atoms with van der Waals surface area (Å²) in [6.45, 7) is 13.7. The summed E-state index contributed by atoms with van der Waals surface area (Å²) in [5, 5.41) is 53.8. The molecule has 7 heteroatoms. The van der Waals surface area contributed by atoms with E-state index in [0.29, 0.717) is 43.3 Å². The van der Waals surface area contributed by atoms with Crippen LogP contribution in [0, 0.1) is 39.4 Å². The zero-order valence-electron chi connectivity index (χ0n) is 23.4. The number of ketones is 1. The van der Waals surface area contributed by atoms with Crippen LogP contribution >= 0.6 is 0 Å². The largest absolute Gasteiger partial charge is 0.478 e. The topological polar surface area (TPSA) is 135 Å². The van der Waals surface area contributed by atoms with Gasteiger partial charge in [-0.3, -0.25) is 4.79 Å². The molecular formula is C30H46O7. The van der Waals surface area contributed by atoms with Gasteiger partial charge in [0.1, 0.15) is 0 Å². The number of hydrogen-bond donors (Lipinski definition) is 5. The van der Waals surface area contributed by atoms with Crippen molar-refractivity contribution in [2.24, 2.45) is 39.4 Å². The van der Waals surface area contributed by atoms with Gasteiger partial charge in [0.05, 0.1) is 24.4 Å². The van der Waals surface area contributed by atoms with Crippen molar-refractivity contribution in [3.63, 3.8) is 0 Å². The van der Waals surface area contributed by atoms with Gasteiger partial charge in [0.15, 0.2) is 5.78 Å². The van der Waals surface area contributed by atoms with E-state index in [1.807, 2.05) is 34.6 Å². The monoisotopic (exact) mass is 518 g/mol. The first-order valence-electron chi connectivity index (χ1n) is 13.8. The zero-order chi connectivity index (χ0) is 27.9. The number of carbonyl (C=O) groups excluding carboxylic acids is 1. The van der Waals surface area contributed by atoms with Gasteiger partial charge in [-0.2, -0.15) is 0 Å². The molecule has 2 saturated carbocycles. The molecule has 2 fully saturated rings. The molecule has 0 spiro atoms. The smallest absolute Gasteiger partial charge is 0.331 e. The van der Waals surface area contributed by atoms with E-state index < -0.39 is 52.0 Å². The Morgan fingerprint density at radius 2 is 1.70 bits per heavy atom. The van der Waals surface area contributed by atoms with E-state index in [1.165, 1.54) is 13.0 Å². The molecule has 0 bridgehead atoms. The Bertz CT molecular complexity index is 1040. The summed E-state index contributed by atoms with van der Waals surface area (Å²) >= 11 is 0. The summed E-state index contributed by atoms with van der Waals surface area (Å²) in [5.74, 6) is -1.28. The first-order chi connectivity index (χ1) is 16.9. The maximum absolute atomic E-state index is 14.1. The van der Waals surface area contributed by atoms with Gasteiger partial charge in [-0.1, -0.05) is 41.5 Å². The zero-order valence-corrected chi connectivity index (χ0v) is 23.4. The molecule has 4 aliphatic carbocycles. The Morgan fingerprint density at radius 3 is 2.30 bits per heavy atom. The average molecular weight is 519 g/mol. The van der Waals surface area contributed by atoms with Crippen LogP contribution in [0.25, 0.3) is 0 Å². The SMILES string of the molecule is C/C(=C\[C@@H](O)C[C@@H](C)[C@H]1C[C@H](O)[C@@]2(C)C3=C(C(=O)C[C@]12C)[C@@]1(C)CC[C@H](O)C(C)(C)[C@@H]1C[C@@H]3O)C(=O)O. The quantitative estimate of drug-likeness (QED) is 0.351. The highest BCUT2D eigenvalue weighted by atomic mass is 16.4. The maximum Gasteiger partial charge on any atom is 0.331 e. The Labute approximate surface area is 220 Å². The number of carbonyl (C=O) groups is 2. The summed E-state index contributed by atoms with van der Waals surface area (Å²) < 4.78 is 0. The van der Waals surface area contributed by atoms with Crippen LogP contribution in [0.4, 0.5) is 0 Å². The number of aliphatic hydroxyl groups excluding tert-OH is 4. The third-order valence-electron chi connectivity index (χ3n) is 11.7. The Kier molecular flexibility index (Phi) is 6.93. The van der Waals surface area contributed by atoms with Crippen molar-refractivity contribution >= 4 is 11.8 Å². The van der Waals surface area contributed by atoms with Gasteiger partial charge in [-0.25, -0.2) is 4.79 Å². The van der Waals surface area contributed by atoms with Crippen molar-refractivity contribution < 1.29 is 35.1 Å². The number of carboxylic acids is 1. The van der Waals surface area contributed by atoms with Crippen LogP contribution in [-0.2, 0) is 9.59 Å². The van der Waals surface area contributed by atoms with Crippen molar-refractivity contribution in [3.8, 4) is 0 Å². The van der Waals surface area contributed by atoms with Crippen LogP contribution in [0.15, 0.2) is 22.8 Å². The molecule has 4 rings (SSSR count). The van der Waals surface area contributed by atoms with Crippen LogP contribution in [0.3, 0.4) is 0 Å². The number of aliphatic carboxylic acids is 1. The van der Waals surface area contributed by atoms with Crippen LogP contribution in [0.5, 0.6) is 0 Å². The first-order valence-corrected chi connectivity index (χ1v) is 13.8. The molecular weight excluding hydrogens is 472 g/mol. The van der Waals surface area contributed by atoms with Gasteiger partial charge in [-0.15, -0.1) is 0 Å². The molecule has 0 heterocycles. The minimum atomic E-state index is -1.07. The fourth-order valence-electron chi connectivity index (χ4n) is 9.35. The number of carboxylic acid groups (broad SMARTS) is 1. The fraction of sp³-hybridized carbons (Fsp3) is 0.800. The number of hydrogen-bond acceptors (Lipinski definition) is 6. The summed E-state index contributed by atoms with van der Waals surface area (Å²) in [5.41, 5.74) is -0.889. The second-order valence-corrected chi connectivity index (χ2v) is 13.9. The average Bonchev–Trinajstić information content (AvgIpc) is 2.99. The van der Waals surface area contributed by atoms with Crippen molar-refractivity contribution in [3.05, 3.63) is 22.8 Å². The van der Waals surface area contributed by atoms with E-state index in [4.69, 9.17) is 5.11 Å². The predicted molar refractivity (Wildman–Crippen MR) is 139 cm³/mol. The van der Waals surface area contributed by atoms with Crippen molar-refractivity contribution in [1.82, 2.24) is 0 Å². The lowest BCUT2D eigenvalue weighted by atomic mass is 9.42. The minimum absolute atomic E-state index is 0.0295. The van der Waals surface area contributed by atoms with Gasteiger partial charge >= 0.3 is 5.97 Å². The van der Waals surface area contributed by atoms with Crippen LogP contribution in [0.2, 0.25) is 0 Å². The van der Waals surface area contributed by atoms with Crippen molar-refractivity contribution in [1.29, 1.82) is 0 Å². The lowest BCUT2D eigenvalue weighted by Crippen LogP contribution is -2.61. The summed E-state index contributed by atoms with van der Waals surface area (Å²) in [4.78, 5) is 25.3. The molecule has 4 aliphatic rings. The molecule has 208 valence electrons. The van der Waals surface area contributed by atoms with E-state index in [-0.39, 0.29) is 35.5 Å². The van der Waals surface area contributed by atoms with Gasteiger partial charge < -0.3 is 25.5 Å². The molecule has 7 nitrogen and oxygen atoms in total. The lowest BCUT2D eigenvalue weighted by molar-refractivity contribution is -0.140. The van der Waals surface area contributed by atoms with Crippen LogP contribution < -0.4 is 0 Å². The Balaban J connectivity index is 1.76. The first kappa shape index (κ1) is 28.5. The number of aliphatic hydroxyl groups is 4. The summed E-state index contributed by atoms with van der Waals surface area (Å²) in [6, 6.07) is 0. The molecule has 5 N–H and O–H groups in total. The van der Waals surface area contributed by atoms with E-state index in [0.717, 1.165) is 0 Å². The second kappa shape index (κ2) is 9.00. The summed E-state index contributed by atoms with van der Waals surface area (Å²) in [7, 11) is 0. The molecule has 0 aromatic rings. The molecule has 0 radical (unpaired) electrons. The molecule has 0 unspecified atom stereocenters. The highest BCUT2D eigenvalue weighted by molar-refractivity contribution is 6.00. The van der Waals surface area contributed by atoms with Crippen molar-refractivity contribution in [2.45, 2.75) is 111 Å². The van der Waals surface area contributed by atoms with Crippen LogP contribution in [-0.4, -0.2) is 61.7 Å². The minimum Gasteiger partial charge on any atom is -0.478 e. The Hall–Kier alpha value is -1.54. The summed E-state index contributed by atoms with van der Waals surface area (Å²) in [6.07, 6.45) is 1.03. The fourth-order valence-corrected chi connectivity index (χ4v) is 9.35. The van der Waals surface area contributed by atoms with Crippen molar-refractivity contribution in [2.75, 3.05) is 0 Å². The normalized spacial score (nSPS) is 45.1. The van der Waals surface area contributed by atoms with Gasteiger partial charge in [-0.05, 0) is 84.7 Å².